The van der Waals surface area contributed by atoms with E-state index >= 15 is 0 Å². The average molecular weight is 167 g/mol. The lowest BCUT2D eigenvalue weighted by Gasteiger charge is -2.32. The Morgan fingerprint density at radius 2 is 1.58 bits per heavy atom. The van der Waals surface area contributed by atoms with Gasteiger partial charge >= 0.3 is 0 Å². The Balaban J connectivity index is 2.04. The summed E-state index contributed by atoms with van der Waals surface area (Å²) in [6, 6.07) is 0. The normalized spacial score (nSPS) is 25.2. The Hall–Kier alpha value is -0.340. The summed E-state index contributed by atoms with van der Waals surface area (Å²) >= 11 is 0. The molecule has 0 saturated carbocycles. The number of ether oxygens (including phenoxy) is 1. The SMILES string of the molecule is CC(C)(C)N1CC2=C(COC2)C1. The Kier molecular flexibility index (Phi) is 1.77. The summed E-state index contributed by atoms with van der Waals surface area (Å²) in [5, 5.41) is 0. The van der Waals surface area contributed by atoms with Crippen LogP contribution in [0.25, 0.3) is 0 Å². The first kappa shape index (κ1) is 8.27. The van der Waals surface area contributed by atoms with E-state index in [0.29, 0.717) is 5.54 Å². The summed E-state index contributed by atoms with van der Waals surface area (Å²) in [5.74, 6) is 0. The Morgan fingerprint density at radius 1 is 1.08 bits per heavy atom. The first-order chi connectivity index (χ1) is 5.57. The van der Waals surface area contributed by atoms with Crippen molar-refractivity contribution in [3.8, 4) is 0 Å². The van der Waals surface area contributed by atoms with Gasteiger partial charge in [-0.1, -0.05) is 0 Å². The molecule has 2 aliphatic rings. The van der Waals surface area contributed by atoms with Gasteiger partial charge in [-0.3, -0.25) is 4.90 Å². The summed E-state index contributed by atoms with van der Waals surface area (Å²) in [6.45, 7) is 10.8. The minimum Gasteiger partial charge on any atom is -0.373 e. The molecule has 0 fully saturated rings. The van der Waals surface area contributed by atoms with Gasteiger partial charge in [-0.2, -0.15) is 0 Å². The monoisotopic (exact) mass is 167 g/mol. The van der Waals surface area contributed by atoms with E-state index in [2.05, 4.69) is 25.7 Å². The summed E-state index contributed by atoms with van der Waals surface area (Å²) in [6.07, 6.45) is 0. The molecule has 12 heavy (non-hydrogen) atoms. The molecule has 2 nitrogen and oxygen atoms in total. The van der Waals surface area contributed by atoms with Gasteiger partial charge in [0.15, 0.2) is 0 Å². The molecule has 0 N–H and O–H groups in total. The molecule has 0 bridgehead atoms. The summed E-state index contributed by atoms with van der Waals surface area (Å²) in [4.78, 5) is 2.51. The van der Waals surface area contributed by atoms with Crippen LogP contribution in [-0.2, 0) is 4.74 Å². The second kappa shape index (κ2) is 2.57. The van der Waals surface area contributed by atoms with Gasteiger partial charge in [-0.15, -0.1) is 0 Å². The van der Waals surface area contributed by atoms with Crippen LogP contribution < -0.4 is 0 Å². The summed E-state index contributed by atoms with van der Waals surface area (Å²) < 4.78 is 5.37. The van der Waals surface area contributed by atoms with E-state index < -0.39 is 0 Å². The molecule has 0 spiro atoms. The van der Waals surface area contributed by atoms with Crippen molar-refractivity contribution in [2.45, 2.75) is 26.3 Å². The molecule has 0 aromatic rings. The zero-order valence-electron chi connectivity index (χ0n) is 8.18. The van der Waals surface area contributed by atoms with E-state index in [0.717, 1.165) is 26.3 Å². The fourth-order valence-electron chi connectivity index (χ4n) is 1.81. The van der Waals surface area contributed by atoms with Gasteiger partial charge in [-0.05, 0) is 31.9 Å². The van der Waals surface area contributed by atoms with Crippen LogP contribution in [0.15, 0.2) is 11.1 Å². The molecule has 2 aliphatic heterocycles. The summed E-state index contributed by atoms with van der Waals surface area (Å²) in [5.41, 5.74) is 3.37. The highest BCUT2D eigenvalue weighted by molar-refractivity contribution is 5.27. The van der Waals surface area contributed by atoms with Crippen molar-refractivity contribution in [2.24, 2.45) is 0 Å². The van der Waals surface area contributed by atoms with Crippen molar-refractivity contribution >= 4 is 0 Å². The smallest absolute Gasteiger partial charge is 0.0697 e. The lowest BCUT2D eigenvalue weighted by Crippen LogP contribution is -2.40. The van der Waals surface area contributed by atoms with Crippen molar-refractivity contribution in [1.82, 2.24) is 4.90 Å². The lowest BCUT2D eigenvalue weighted by molar-refractivity contribution is 0.142. The van der Waals surface area contributed by atoms with Crippen molar-refractivity contribution in [3.63, 3.8) is 0 Å². The lowest BCUT2D eigenvalue weighted by atomic mass is 10.1. The second-order valence-corrected chi connectivity index (χ2v) is 4.73. The minimum absolute atomic E-state index is 0.310. The quantitative estimate of drug-likeness (QED) is 0.506. The van der Waals surface area contributed by atoms with E-state index in [9.17, 15) is 0 Å². The topological polar surface area (TPSA) is 12.5 Å². The zero-order chi connectivity index (χ0) is 8.77. The predicted molar refractivity (Wildman–Crippen MR) is 49.2 cm³/mol. The standard InChI is InChI=1S/C10H17NO/c1-10(2,3)11-4-8-6-12-7-9(8)5-11/h4-7H2,1-3H3. The van der Waals surface area contributed by atoms with E-state index in [1.807, 2.05) is 0 Å². The van der Waals surface area contributed by atoms with Crippen LogP contribution in [0.4, 0.5) is 0 Å². The number of hydrogen-bond acceptors (Lipinski definition) is 2. The van der Waals surface area contributed by atoms with Crippen LogP contribution in [0.5, 0.6) is 0 Å². The van der Waals surface area contributed by atoms with Crippen LogP contribution in [0.2, 0.25) is 0 Å². The van der Waals surface area contributed by atoms with E-state index in [1.54, 1.807) is 0 Å². The highest BCUT2D eigenvalue weighted by atomic mass is 16.5. The molecule has 0 aromatic heterocycles. The average Bonchev–Trinajstić information content (AvgIpc) is 2.37. The highest BCUT2D eigenvalue weighted by Crippen LogP contribution is 2.28. The summed E-state index contributed by atoms with van der Waals surface area (Å²) in [7, 11) is 0. The first-order valence-electron chi connectivity index (χ1n) is 4.60. The van der Waals surface area contributed by atoms with Gasteiger partial charge in [0.2, 0.25) is 0 Å². The maximum absolute atomic E-state index is 5.37. The predicted octanol–water partition coefficient (Wildman–Crippen LogP) is 1.43. The van der Waals surface area contributed by atoms with Gasteiger partial charge in [0.05, 0.1) is 13.2 Å². The number of nitrogens with zero attached hydrogens (tertiary/aromatic N) is 1. The van der Waals surface area contributed by atoms with E-state index in [4.69, 9.17) is 4.74 Å². The van der Waals surface area contributed by atoms with Gasteiger partial charge in [0.25, 0.3) is 0 Å². The minimum atomic E-state index is 0.310. The third-order valence-corrected chi connectivity index (χ3v) is 2.76. The molecule has 0 aliphatic carbocycles. The molecule has 0 amide bonds. The first-order valence-corrected chi connectivity index (χ1v) is 4.60. The molecule has 0 unspecified atom stereocenters. The molecule has 0 saturated heterocycles. The van der Waals surface area contributed by atoms with Crippen molar-refractivity contribution < 1.29 is 4.74 Å². The Bertz CT molecular complexity index is 208. The molecule has 0 radical (unpaired) electrons. The largest absolute Gasteiger partial charge is 0.373 e. The zero-order valence-corrected chi connectivity index (χ0v) is 8.18. The number of hydrogen-bond donors (Lipinski definition) is 0. The Labute approximate surface area is 74.2 Å². The van der Waals surface area contributed by atoms with Gasteiger partial charge in [0, 0.05) is 18.6 Å². The molecule has 68 valence electrons. The fraction of sp³-hybridized carbons (Fsp3) is 0.800. The fourth-order valence-corrected chi connectivity index (χ4v) is 1.81. The molecule has 0 atom stereocenters. The van der Waals surface area contributed by atoms with Gasteiger partial charge < -0.3 is 4.74 Å². The van der Waals surface area contributed by atoms with Crippen LogP contribution in [0.1, 0.15) is 20.8 Å². The van der Waals surface area contributed by atoms with Crippen molar-refractivity contribution in [3.05, 3.63) is 11.1 Å². The van der Waals surface area contributed by atoms with Crippen LogP contribution >= 0.6 is 0 Å². The highest BCUT2D eigenvalue weighted by Gasteiger charge is 2.31. The van der Waals surface area contributed by atoms with Crippen LogP contribution in [0, 0.1) is 0 Å². The third kappa shape index (κ3) is 1.29. The second-order valence-electron chi connectivity index (χ2n) is 4.73. The molecule has 0 aromatic carbocycles. The van der Waals surface area contributed by atoms with Gasteiger partial charge in [0.1, 0.15) is 0 Å². The molecule has 2 rings (SSSR count). The number of rotatable bonds is 0. The van der Waals surface area contributed by atoms with Gasteiger partial charge in [-0.25, -0.2) is 0 Å². The van der Waals surface area contributed by atoms with Crippen LogP contribution in [0.3, 0.4) is 0 Å². The molecular weight excluding hydrogens is 150 g/mol. The van der Waals surface area contributed by atoms with Crippen molar-refractivity contribution in [1.29, 1.82) is 0 Å². The maximum atomic E-state index is 5.37. The van der Waals surface area contributed by atoms with E-state index in [1.165, 1.54) is 11.1 Å². The molecule has 2 heterocycles. The Morgan fingerprint density at radius 3 is 2.00 bits per heavy atom. The maximum Gasteiger partial charge on any atom is 0.0697 e. The van der Waals surface area contributed by atoms with E-state index in [-0.39, 0.29) is 0 Å². The molecular formula is C10H17NO. The van der Waals surface area contributed by atoms with Crippen molar-refractivity contribution in [2.75, 3.05) is 26.3 Å². The molecule has 2 heteroatoms. The van der Waals surface area contributed by atoms with Crippen LogP contribution in [-0.4, -0.2) is 36.7 Å². The third-order valence-electron chi connectivity index (χ3n) is 2.76.